The summed E-state index contributed by atoms with van der Waals surface area (Å²) < 4.78 is 5.71. The van der Waals surface area contributed by atoms with Gasteiger partial charge in [0.05, 0.1) is 0 Å². The van der Waals surface area contributed by atoms with Gasteiger partial charge in [0, 0.05) is 36.8 Å². The van der Waals surface area contributed by atoms with Crippen molar-refractivity contribution in [2.45, 2.75) is 65.6 Å². The lowest BCUT2D eigenvalue weighted by Gasteiger charge is -2.43. The fraction of sp³-hybridized carbons (Fsp3) is 0.750. The van der Waals surface area contributed by atoms with Gasteiger partial charge in [-0.25, -0.2) is 0 Å². The Labute approximate surface area is 117 Å². The van der Waals surface area contributed by atoms with Crippen LogP contribution in [-0.4, -0.2) is 30.1 Å². The summed E-state index contributed by atoms with van der Waals surface area (Å²) in [5.41, 5.74) is 1.35. The molecule has 0 spiro atoms. The number of aryl methyl sites for hydroxylation is 2. The number of piperazine rings is 1. The molecular weight excluding hydrogens is 236 g/mol. The second-order valence-corrected chi connectivity index (χ2v) is 5.82. The first kappa shape index (κ1) is 14.6. The maximum absolute atomic E-state index is 5.71. The third-order valence-corrected chi connectivity index (χ3v) is 4.53. The summed E-state index contributed by atoms with van der Waals surface area (Å²) in [6.07, 6.45) is 2.40. The van der Waals surface area contributed by atoms with E-state index in [1.807, 2.05) is 6.92 Å². The number of hydrogen-bond donors (Lipinski definition) is 1. The van der Waals surface area contributed by atoms with E-state index in [1.54, 1.807) is 0 Å². The maximum atomic E-state index is 5.71. The summed E-state index contributed by atoms with van der Waals surface area (Å²) in [5.74, 6) is 2.10. The van der Waals surface area contributed by atoms with Gasteiger partial charge in [-0.1, -0.05) is 13.8 Å². The van der Waals surface area contributed by atoms with Gasteiger partial charge < -0.3 is 9.73 Å². The molecule has 3 heteroatoms. The van der Waals surface area contributed by atoms with E-state index in [0.717, 1.165) is 24.6 Å². The number of rotatable bonds is 4. The first-order valence-corrected chi connectivity index (χ1v) is 7.62. The normalized spacial score (nSPS) is 26.6. The highest BCUT2D eigenvalue weighted by Crippen LogP contribution is 2.30. The van der Waals surface area contributed by atoms with Gasteiger partial charge in [0.2, 0.25) is 0 Å². The summed E-state index contributed by atoms with van der Waals surface area (Å²) in [4.78, 5) is 2.65. The Morgan fingerprint density at radius 3 is 2.63 bits per heavy atom. The van der Waals surface area contributed by atoms with Crippen molar-refractivity contribution in [3.63, 3.8) is 0 Å². The van der Waals surface area contributed by atoms with Crippen molar-refractivity contribution in [2.24, 2.45) is 0 Å². The van der Waals surface area contributed by atoms with Crippen molar-refractivity contribution in [2.75, 3.05) is 13.1 Å². The Bertz CT molecular complexity index is 413. The van der Waals surface area contributed by atoms with Crippen LogP contribution >= 0.6 is 0 Å². The molecule has 1 aromatic rings. The van der Waals surface area contributed by atoms with Crippen LogP contribution in [0, 0.1) is 13.8 Å². The molecule has 2 heterocycles. The highest BCUT2D eigenvalue weighted by Gasteiger charge is 2.31. The second kappa shape index (κ2) is 6.10. The zero-order chi connectivity index (χ0) is 14.0. The molecule has 0 aliphatic carbocycles. The molecule has 1 N–H and O–H groups in total. The Kier molecular flexibility index (Phi) is 4.69. The van der Waals surface area contributed by atoms with Gasteiger partial charge >= 0.3 is 0 Å². The van der Waals surface area contributed by atoms with E-state index in [2.05, 4.69) is 44.0 Å². The quantitative estimate of drug-likeness (QED) is 0.903. The van der Waals surface area contributed by atoms with Crippen LogP contribution in [0.4, 0.5) is 0 Å². The molecular formula is C16H28N2O. The van der Waals surface area contributed by atoms with Crippen LogP contribution in [0.2, 0.25) is 0 Å². The Hall–Kier alpha value is -0.800. The molecule has 3 nitrogen and oxygen atoms in total. The summed E-state index contributed by atoms with van der Waals surface area (Å²) in [6.45, 7) is 13.2. The van der Waals surface area contributed by atoms with Gasteiger partial charge in [0.1, 0.15) is 11.5 Å². The lowest BCUT2D eigenvalue weighted by atomic mass is 9.99. The van der Waals surface area contributed by atoms with Crippen LogP contribution in [-0.2, 0) is 0 Å². The highest BCUT2D eigenvalue weighted by molar-refractivity contribution is 5.24. The first-order valence-electron chi connectivity index (χ1n) is 7.62. The zero-order valence-corrected chi connectivity index (χ0v) is 13.0. The minimum atomic E-state index is 0.443. The molecule has 0 bridgehead atoms. The van der Waals surface area contributed by atoms with Gasteiger partial charge in [-0.2, -0.15) is 0 Å². The summed E-state index contributed by atoms with van der Waals surface area (Å²) in [6, 6.07) is 3.90. The van der Waals surface area contributed by atoms with Crippen LogP contribution in [0.15, 0.2) is 10.5 Å². The average molecular weight is 264 g/mol. The number of nitrogens with one attached hydrogen (secondary N) is 1. The third-order valence-electron chi connectivity index (χ3n) is 4.53. The molecule has 3 atom stereocenters. The molecule has 2 rings (SSSR count). The second-order valence-electron chi connectivity index (χ2n) is 5.82. The zero-order valence-electron chi connectivity index (χ0n) is 13.0. The predicted octanol–water partition coefficient (Wildman–Crippen LogP) is 3.42. The molecule has 3 unspecified atom stereocenters. The topological polar surface area (TPSA) is 28.4 Å². The van der Waals surface area contributed by atoms with E-state index in [-0.39, 0.29) is 0 Å². The van der Waals surface area contributed by atoms with Gasteiger partial charge in [-0.3, -0.25) is 4.90 Å². The number of nitrogens with zero attached hydrogens (tertiary/aromatic N) is 1. The maximum Gasteiger partial charge on any atom is 0.105 e. The van der Waals surface area contributed by atoms with Gasteiger partial charge in [0.25, 0.3) is 0 Å². The molecule has 1 aliphatic heterocycles. The van der Waals surface area contributed by atoms with Crippen molar-refractivity contribution in [3.05, 3.63) is 23.2 Å². The Morgan fingerprint density at radius 1 is 1.37 bits per heavy atom. The average Bonchev–Trinajstić information content (AvgIpc) is 2.76. The predicted molar refractivity (Wildman–Crippen MR) is 79.5 cm³/mol. The largest absolute Gasteiger partial charge is 0.466 e. The third kappa shape index (κ3) is 3.03. The van der Waals surface area contributed by atoms with Crippen LogP contribution in [0.5, 0.6) is 0 Å². The molecule has 1 saturated heterocycles. The Morgan fingerprint density at radius 2 is 2.11 bits per heavy atom. The monoisotopic (exact) mass is 264 g/mol. The fourth-order valence-electron chi connectivity index (χ4n) is 3.26. The molecule has 1 fully saturated rings. The minimum Gasteiger partial charge on any atom is -0.466 e. The van der Waals surface area contributed by atoms with E-state index >= 15 is 0 Å². The van der Waals surface area contributed by atoms with E-state index < -0.39 is 0 Å². The van der Waals surface area contributed by atoms with Gasteiger partial charge in [-0.05, 0) is 39.7 Å². The van der Waals surface area contributed by atoms with E-state index in [4.69, 9.17) is 4.42 Å². The van der Waals surface area contributed by atoms with Crippen molar-refractivity contribution >= 4 is 0 Å². The van der Waals surface area contributed by atoms with Crippen molar-refractivity contribution < 1.29 is 4.42 Å². The van der Waals surface area contributed by atoms with Crippen molar-refractivity contribution in [1.29, 1.82) is 0 Å². The van der Waals surface area contributed by atoms with Crippen molar-refractivity contribution in [3.8, 4) is 0 Å². The first-order chi connectivity index (χ1) is 9.06. The molecule has 108 valence electrons. The highest BCUT2D eigenvalue weighted by atomic mass is 16.3. The van der Waals surface area contributed by atoms with Crippen LogP contribution in [0.1, 0.15) is 56.7 Å². The van der Waals surface area contributed by atoms with Crippen LogP contribution in [0.25, 0.3) is 0 Å². The van der Waals surface area contributed by atoms with Crippen LogP contribution < -0.4 is 5.32 Å². The molecule has 0 saturated carbocycles. The fourth-order valence-corrected chi connectivity index (χ4v) is 3.26. The van der Waals surface area contributed by atoms with Gasteiger partial charge in [0.15, 0.2) is 0 Å². The minimum absolute atomic E-state index is 0.443. The molecule has 1 aromatic heterocycles. The molecule has 19 heavy (non-hydrogen) atoms. The smallest absolute Gasteiger partial charge is 0.105 e. The van der Waals surface area contributed by atoms with E-state index in [9.17, 15) is 0 Å². The summed E-state index contributed by atoms with van der Waals surface area (Å²) >= 11 is 0. The van der Waals surface area contributed by atoms with Gasteiger partial charge in [-0.15, -0.1) is 0 Å². The van der Waals surface area contributed by atoms with Crippen LogP contribution in [0.3, 0.4) is 0 Å². The molecule has 0 amide bonds. The summed E-state index contributed by atoms with van der Waals surface area (Å²) in [5, 5.41) is 3.66. The Balaban J connectivity index is 2.18. The molecule has 0 radical (unpaired) electrons. The summed E-state index contributed by atoms with van der Waals surface area (Å²) in [7, 11) is 0. The number of hydrogen-bond acceptors (Lipinski definition) is 3. The SMILES string of the molecule is CCC1CN(C(C)c2cc(C)oc2C)C(CC)CN1. The number of furan rings is 1. The lowest BCUT2D eigenvalue weighted by Crippen LogP contribution is -2.56. The standard InChI is InChI=1S/C16H28N2O/c1-6-14-10-18(15(7-2)9-17-14)12(4)16-8-11(3)19-13(16)5/h8,12,14-15,17H,6-7,9-10H2,1-5H3. The van der Waals surface area contributed by atoms with E-state index in [0.29, 0.717) is 18.1 Å². The molecule has 0 aromatic carbocycles. The lowest BCUT2D eigenvalue weighted by molar-refractivity contribution is 0.0844. The van der Waals surface area contributed by atoms with Crippen molar-refractivity contribution in [1.82, 2.24) is 10.2 Å². The molecule has 1 aliphatic rings. The van der Waals surface area contributed by atoms with E-state index in [1.165, 1.54) is 18.4 Å².